The highest BCUT2D eigenvalue weighted by Crippen LogP contribution is 1.97. The molecule has 0 bridgehead atoms. The van der Waals surface area contributed by atoms with Gasteiger partial charge in [0.25, 0.3) is 17.9 Å². The van der Waals surface area contributed by atoms with Crippen LogP contribution in [0.15, 0.2) is 0 Å². The zero-order valence-electron chi connectivity index (χ0n) is 20.8. The van der Waals surface area contributed by atoms with Gasteiger partial charge in [-0.05, 0) is 0 Å². The van der Waals surface area contributed by atoms with Crippen molar-refractivity contribution in [1.29, 1.82) is 0 Å². The first kappa shape index (κ1) is 37.2. The number of carboxylic acids is 6. The summed E-state index contributed by atoms with van der Waals surface area (Å²) in [6.07, 6.45) is 0. The van der Waals surface area contributed by atoms with Gasteiger partial charge < -0.3 is 36.0 Å². The van der Waals surface area contributed by atoms with E-state index in [9.17, 15) is 14.4 Å². The maximum Gasteiger partial charge on any atom is 0.317 e. The molecule has 1 rings (SSSR count). The van der Waals surface area contributed by atoms with Crippen LogP contribution >= 0.6 is 0 Å². The van der Waals surface area contributed by atoms with E-state index in [-0.39, 0.29) is 19.6 Å². The number of nitrogens with zero attached hydrogens (tertiary/aromatic N) is 3. The van der Waals surface area contributed by atoms with E-state index in [1.54, 1.807) is 14.7 Å². The van der Waals surface area contributed by atoms with Crippen LogP contribution in [0, 0.1) is 0 Å². The van der Waals surface area contributed by atoms with Crippen molar-refractivity contribution in [2.24, 2.45) is 0 Å². The predicted molar refractivity (Wildman–Crippen MR) is 125 cm³/mol. The molecule has 0 spiro atoms. The minimum atomic E-state index is -0.960. The average molecular weight is 527 g/mol. The molecule has 1 aliphatic heterocycles. The number of rotatable bonds is 6. The van der Waals surface area contributed by atoms with E-state index < -0.39 is 35.8 Å². The molecule has 0 amide bonds. The second-order valence-corrected chi connectivity index (χ2v) is 7.32. The van der Waals surface area contributed by atoms with Crippen molar-refractivity contribution in [1.82, 2.24) is 20.0 Å². The number of nitrogens with one attached hydrogen (secondary N) is 1. The molecule has 0 aromatic heterocycles. The molecular weight excluding hydrogens is 488 g/mol. The molecule has 0 aromatic rings. The monoisotopic (exact) mass is 526 g/mol. The van der Waals surface area contributed by atoms with Crippen molar-refractivity contribution >= 4 is 35.8 Å². The summed E-state index contributed by atoms with van der Waals surface area (Å²) in [5.41, 5.74) is 0. The van der Waals surface area contributed by atoms with Crippen LogP contribution in [-0.2, 0) is 28.8 Å². The third kappa shape index (κ3) is 37.9. The Kier molecular flexibility index (Phi) is 24.2. The number of aliphatic carboxylic acids is 6. The summed E-state index contributed by atoms with van der Waals surface area (Å²) in [7, 11) is 0. The van der Waals surface area contributed by atoms with Crippen LogP contribution in [0.4, 0.5) is 0 Å². The molecule has 16 nitrogen and oxygen atoms in total. The smallest absolute Gasteiger partial charge is 0.317 e. The predicted octanol–water partition coefficient (Wildman–Crippen LogP) is -1.98. The fourth-order valence-electron chi connectivity index (χ4n) is 2.55. The lowest BCUT2D eigenvalue weighted by molar-refractivity contribution is -0.140. The van der Waals surface area contributed by atoms with E-state index in [0.29, 0.717) is 52.4 Å². The topological polar surface area (TPSA) is 246 Å². The van der Waals surface area contributed by atoms with Crippen molar-refractivity contribution in [3.8, 4) is 0 Å². The summed E-state index contributed by atoms with van der Waals surface area (Å²) >= 11 is 0. The summed E-state index contributed by atoms with van der Waals surface area (Å²) in [5.74, 6) is -5.29. The minimum Gasteiger partial charge on any atom is -0.481 e. The van der Waals surface area contributed by atoms with Crippen LogP contribution in [0.2, 0.25) is 0 Å². The zero-order chi connectivity index (χ0) is 28.7. The van der Waals surface area contributed by atoms with Gasteiger partial charge in [-0.2, -0.15) is 0 Å². The Labute approximate surface area is 208 Å². The lowest BCUT2D eigenvalue weighted by Gasteiger charge is -2.29. The normalized spacial score (nSPS) is 15.4. The Morgan fingerprint density at radius 1 is 0.500 bits per heavy atom. The summed E-state index contributed by atoms with van der Waals surface area (Å²) < 4.78 is 0. The molecule has 0 aromatic carbocycles. The van der Waals surface area contributed by atoms with Crippen LogP contribution in [0.25, 0.3) is 0 Å². The number of carbonyl (C=O) groups is 6. The molecule has 210 valence electrons. The maximum atomic E-state index is 11.0. The largest absolute Gasteiger partial charge is 0.481 e. The first-order valence-electron chi connectivity index (χ1n) is 10.7. The average Bonchev–Trinajstić information content (AvgIpc) is 2.65. The fourth-order valence-corrected chi connectivity index (χ4v) is 2.55. The molecule has 7 N–H and O–H groups in total. The molecule has 1 heterocycles. The van der Waals surface area contributed by atoms with Crippen molar-refractivity contribution in [3.63, 3.8) is 0 Å². The Bertz CT molecular complexity index is 619. The highest BCUT2D eigenvalue weighted by molar-refractivity contribution is 5.70. The molecular formula is C20H38N4O12. The quantitative estimate of drug-likeness (QED) is 0.198. The van der Waals surface area contributed by atoms with Crippen molar-refractivity contribution in [2.45, 2.75) is 20.8 Å². The van der Waals surface area contributed by atoms with Crippen LogP contribution in [0.5, 0.6) is 0 Å². The van der Waals surface area contributed by atoms with Gasteiger partial charge in [-0.15, -0.1) is 0 Å². The van der Waals surface area contributed by atoms with Crippen molar-refractivity contribution in [2.75, 3.05) is 72.0 Å². The van der Waals surface area contributed by atoms with E-state index in [1.807, 2.05) is 0 Å². The van der Waals surface area contributed by atoms with Gasteiger partial charge in [0, 0.05) is 73.1 Å². The maximum absolute atomic E-state index is 11.0. The summed E-state index contributed by atoms with van der Waals surface area (Å²) in [5, 5.41) is 52.3. The molecule has 0 atom stereocenters. The fraction of sp³-hybridized carbons (Fsp3) is 0.700. The molecule has 0 saturated carbocycles. The third-order valence-electron chi connectivity index (χ3n) is 3.75. The molecule has 1 fully saturated rings. The Morgan fingerprint density at radius 2 is 0.694 bits per heavy atom. The first-order valence-corrected chi connectivity index (χ1v) is 10.7. The van der Waals surface area contributed by atoms with Gasteiger partial charge in [-0.3, -0.25) is 43.5 Å². The second kappa shape index (κ2) is 23.4. The van der Waals surface area contributed by atoms with E-state index in [4.69, 9.17) is 45.0 Å². The lowest BCUT2D eigenvalue weighted by Crippen LogP contribution is -2.47. The van der Waals surface area contributed by atoms with Crippen LogP contribution in [0.1, 0.15) is 20.8 Å². The minimum absolute atomic E-state index is 0.0896. The number of hydrogen-bond donors (Lipinski definition) is 7. The van der Waals surface area contributed by atoms with E-state index in [2.05, 4.69) is 5.32 Å². The standard InChI is InChI=1S/C14H26N4O6.3C2H4O2/c19-12(20)9-16-3-1-15-2-4-17(10-13(21)22)6-8-18(7-5-16)11-14(23)24;3*1-2(3)4/h15H,1-11H2,(H,19,20)(H,21,22)(H,23,24);3*1H3,(H,3,4). The van der Waals surface area contributed by atoms with Crippen molar-refractivity contribution < 1.29 is 59.4 Å². The van der Waals surface area contributed by atoms with Gasteiger partial charge >= 0.3 is 17.9 Å². The Hall–Kier alpha value is -3.34. The van der Waals surface area contributed by atoms with Crippen LogP contribution in [-0.4, -0.2) is 153 Å². The van der Waals surface area contributed by atoms with E-state index >= 15 is 0 Å². The molecule has 0 aliphatic carbocycles. The molecule has 1 aliphatic rings. The summed E-state index contributed by atoms with van der Waals surface area (Å²) in [4.78, 5) is 65.1. The third-order valence-corrected chi connectivity index (χ3v) is 3.75. The summed E-state index contributed by atoms with van der Waals surface area (Å²) in [6, 6.07) is 0. The van der Waals surface area contributed by atoms with Crippen LogP contribution in [0.3, 0.4) is 0 Å². The van der Waals surface area contributed by atoms with Crippen LogP contribution < -0.4 is 5.32 Å². The zero-order valence-corrected chi connectivity index (χ0v) is 20.8. The Balaban J connectivity index is -0.000000753. The molecule has 1 saturated heterocycles. The highest BCUT2D eigenvalue weighted by Gasteiger charge is 2.17. The molecule has 36 heavy (non-hydrogen) atoms. The summed E-state index contributed by atoms with van der Waals surface area (Å²) in [6.45, 7) is 6.89. The van der Waals surface area contributed by atoms with Crippen molar-refractivity contribution in [3.05, 3.63) is 0 Å². The van der Waals surface area contributed by atoms with E-state index in [1.165, 1.54) is 0 Å². The van der Waals surface area contributed by atoms with E-state index in [0.717, 1.165) is 20.8 Å². The Morgan fingerprint density at radius 3 is 0.889 bits per heavy atom. The van der Waals surface area contributed by atoms with Gasteiger partial charge in [0.15, 0.2) is 0 Å². The van der Waals surface area contributed by atoms with Gasteiger partial charge in [0.1, 0.15) is 0 Å². The SMILES string of the molecule is CC(=O)O.CC(=O)O.CC(=O)O.O=C(O)CN1CCNCCN(CC(=O)O)CCN(CC(=O)O)CC1. The molecule has 0 radical (unpaired) electrons. The molecule has 0 unspecified atom stereocenters. The number of carboxylic acid groups (broad SMARTS) is 6. The lowest BCUT2D eigenvalue weighted by atomic mass is 10.3. The van der Waals surface area contributed by atoms with Gasteiger partial charge in [-0.1, -0.05) is 0 Å². The number of hydrogen-bond acceptors (Lipinski definition) is 10. The second-order valence-electron chi connectivity index (χ2n) is 7.32. The molecule has 16 heteroatoms. The van der Waals surface area contributed by atoms with Gasteiger partial charge in [-0.25, -0.2) is 0 Å². The van der Waals surface area contributed by atoms with Gasteiger partial charge in [0.05, 0.1) is 19.6 Å². The highest BCUT2D eigenvalue weighted by atomic mass is 16.4. The van der Waals surface area contributed by atoms with Gasteiger partial charge in [0.2, 0.25) is 0 Å². The first-order chi connectivity index (χ1) is 16.6.